The summed E-state index contributed by atoms with van der Waals surface area (Å²) >= 11 is 0.722. The highest BCUT2D eigenvalue weighted by atomic mass is 32.2. The summed E-state index contributed by atoms with van der Waals surface area (Å²) < 4.78 is 5.92. The molecule has 0 saturated carbocycles. The van der Waals surface area contributed by atoms with Crippen LogP contribution in [0.15, 0.2) is 72.8 Å². The molecule has 0 aromatic heterocycles. The summed E-state index contributed by atoms with van der Waals surface area (Å²) in [6.45, 7) is 3.22. The predicted octanol–water partition coefficient (Wildman–Crippen LogP) is 4.52. The summed E-state index contributed by atoms with van der Waals surface area (Å²) in [6, 6.07) is 23.0. The maximum absolute atomic E-state index is 13.2. The summed E-state index contributed by atoms with van der Waals surface area (Å²) in [7, 11) is 0. The number of amides is 2. The minimum absolute atomic E-state index is 0.00373. The Morgan fingerprint density at radius 1 is 1.00 bits per heavy atom. The van der Waals surface area contributed by atoms with Gasteiger partial charge in [-0.1, -0.05) is 42.0 Å². The number of nitrogens with zero attached hydrogens (tertiary/aromatic N) is 2. The molecule has 5 rings (SSSR count). The summed E-state index contributed by atoms with van der Waals surface area (Å²) in [5.74, 6) is 0.682. The van der Waals surface area contributed by atoms with Crippen LogP contribution in [0, 0.1) is 6.92 Å². The maximum atomic E-state index is 13.2. The van der Waals surface area contributed by atoms with E-state index in [0.717, 1.165) is 34.3 Å². The van der Waals surface area contributed by atoms with Crippen molar-refractivity contribution in [3.05, 3.63) is 89.5 Å². The lowest BCUT2D eigenvalue weighted by atomic mass is 10.0. The van der Waals surface area contributed by atoms with Crippen molar-refractivity contribution in [2.45, 2.75) is 19.4 Å². The number of benzene rings is 3. The van der Waals surface area contributed by atoms with E-state index in [2.05, 4.69) is 10.2 Å². The van der Waals surface area contributed by atoms with E-state index in [1.807, 2.05) is 79.7 Å². The minimum atomic E-state index is -0.483. The minimum Gasteiger partial charge on any atom is -0.492 e. The lowest BCUT2D eigenvalue weighted by Gasteiger charge is -2.38. The summed E-state index contributed by atoms with van der Waals surface area (Å²) in [5.41, 5.74) is 4.61. The van der Waals surface area contributed by atoms with E-state index in [1.54, 1.807) is 4.90 Å². The fraction of sp³-hybridized carbons (Fsp3) is 0.222. The highest BCUT2D eigenvalue weighted by Crippen LogP contribution is 2.34. The van der Waals surface area contributed by atoms with Crippen molar-refractivity contribution >= 4 is 39.4 Å². The molecule has 1 N–H and O–H groups in total. The van der Waals surface area contributed by atoms with Crippen LogP contribution in [0.5, 0.6) is 5.75 Å². The maximum Gasteiger partial charge on any atom is 0.287 e. The largest absolute Gasteiger partial charge is 0.492 e. The first-order chi connectivity index (χ1) is 17.0. The molecule has 8 heteroatoms. The average Bonchev–Trinajstić information content (AvgIpc) is 3.18. The Morgan fingerprint density at radius 3 is 2.49 bits per heavy atom. The molecule has 3 aromatic carbocycles. The first kappa shape index (κ1) is 23.0. The molecule has 2 heterocycles. The van der Waals surface area contributed by atoms with Gasteiger partial charge in [-0.3, -0.25) is 14.4 Å². The predicted molar refractivity (Wildman–Crippen MR) is 136 cm³/mol. The molecule has 2 aliphatic heterocycles. The van der Waals surface area contributed by atoms with Crippen LogP contribution in [0.1, 0.15) is 21.5 Å². The van der Waals surface area contributed by atoms with Crippen molar-refractivity contribution in [1.29, 1.82) is 0 Å². The molecule has 0 radical (unpaired) electrons. The lowest BCUT2D eigenvalue weighted by molar-refractivity contribution is -0.112. The van der Waals surface area contributed by atoms with Crippen molar-refractivity contribution in [3.8, 4) is 5.75 Å². The molecular formula is C27H25N3O4S. The van der Waals surface area contributed by atoms with Gasteiger partial charge in [0.1, 0.15) is 18.4 Å². The Kier molecular flexibility index (Phi) is 6.46. The number of aryl methyl sites for hydroxylation is 1. The van der Waals surface area contributed by atoms with Gasteiger partial charge in [-0.15, -0.1) is 0 Å². The van der Waals surface area contributed by atoms with Crippen molar-refractivity contribution in [2.24, 2.45) is 0 Å². The quantitative estimate of drug-likeness (QED) is 0.528. The molecule has 1 atom stereocenters. The van der Waals surface area contributed by atoms with E-state index in [4.69, 9.17) is 4.74 Å². The number of fused-ring (bicyclic) bond motifs is 1. The number of hydrogen-bond acceptors (Lipinski definition) is 6. The molecular weight excluding hydrogens is 462 g/mol. The topological polar surface area (TPSA) is 79.0 Å². The molecule has 1 unspecified atom stereocenters. The van der Waals surface area contributed by atoms with Gasteiger partial charge >= 0.3 is 0 Å². The summed E-state index contributed by atoms with van der Waals surface area (Å²) in [4.78, 5) is 40.3. The van der Waals surface area contributed by atoms with Crippen LogP contribution in [0.4, 0.5) is 16.2 Å². The molecule has 1 fully saturated rings. The van der Waals surface area contributed by atoms with Crippen LogP contribution in [0.2, 0.25) is 0 Å². The number of carbonyl (C=O) groups excluding carboxylic acids is 3. The highest BCUT2D eigenvalue weighted by Gasteiger charge is 2.31. The van der Waals surface area contributed by atoms with Crippen molar-refractivity contribution < 1.29 is 19.1 Å². The Bertz CT molecular complexity index is 1260. The molecule has 2 aliphatic rings. The van der Waals surface area contributed by atoms with E-state index < -0.39 is 6.04 Å². The third kappa shape index (κ3) is 5.02. The smallest absolute Gasteiger partial charge is 0.287 e. The number of thioether (sulfide) groups is 1. The Hall–Kier alpha value is -3.78. The van der Waals surface area contributed by atoms with Gasteiger partial charge in [-0.05, 0) is 48.9 Å². The second-order valence-electron chi connectivity index (χ2n) is 8.60. The van der Waals surface area contributed by atoms with E-state index in [-0.39, 0.29) is 16.3 Å². The third-order valence-electron chi connectivity index (χ3n) is 6.10. The second kappa shape index (κ2) is 9.84. The summed E-state index contributed by atoms with van der Waals surface area (Å²) in [6.07, 6.45) is 0.453. The zero-order valence-corrected chi connectivity index (χ0v) is 20.1. The number of ether oxygens (including phenoxy) is 1. The first-order valence-corrected chi connectivity index (χ1v) is 12.3. The molecule has 0 bridgehead atoms. The Labute approximate surface area is 208 Å². The number of para-hydroxylation sites is 1. The fourth-order valence-corrected chi connectivity index (χ4v) is 4.97. The van der Waals surface area contributed by atoms with E-state index in [0.29, 0.717) is 37.6 Å². The van der Waals surface area contributed by atoms with Gasteiger partial charge in [0.2, 0.25) is 5.12 Å². The van der Waals surface area contributed by atoms with Crippen LogP contribution < -0.4 is 15.0 Å². The van der Waals surface area contributed by atoms with Gasteiger partial charge in [-0.25, -0.2) is 0 Å². The van der Waals surface area contributed by atoms with Crippen LogP contribution in [-0.4, -0.2) is 47.0 Å². The van der Waals surface area contributed by atoms with Gasteiger partial charge < -0.3 is 19.9 Å². The number of carbonyl (C=O) groups is 3. The SMILES string of the molecule is Cc1ccc2c(c1)C(=O)N(CCOc1ccc(CC3NC(=O)SC3=O)cc1)CN2c1ccccc1. The first-order valence-electron chi connectivity index (χ1n) is 11.4. The molecule has 178 valence electrons. The van der Waals surface area contributed by atoms with Crippen molar-refractivity contribution in [3.63, 3.8) is 0 Å². The van der Waals surface area contributed by atoms with Crippen molar-refractivity contribution in [1.82, 2.24) is 10.2 Å². The van der Waals surface area contributed by atoms with Gasteiger partial charge in [0, 0.05) is 23.9 Å². The average molecular weight is 488 g/mol. The van der Waals surface area contributed by atoms with Crippen LogP contribution in [0.3, 0.4) is 0 Å². The van der Waals surface area contributed by atoms with Gasteiger partial charge in [0.15, 0.2) is 0 Å². The van der Waals surface area contributed by atoms with Crippen molar-refractivity contribution in [2.75, 3.05) is 24.7 Å². The Morgan fingerprint density at radius 2 is 1.77 bits per heavy atom. The Balaban J connectivity index is 1.23. The standard InChI is InChI=1S/C27H25N3O4S/c1-18-7-12-24-22(15-18)25(31)29(17-30(24)20-5-3-2-4-6-20)13-14-34-21-10-8-19(9-11-21)16-23-26(32)35-27(33)28-23/h2-12,15,23H,13-14,16-17H2,1H3,(H,28,33). The normalized spacial score (nSPS) is 17.4. The third-order valence-corrected chi connectivity index (χ3v) is 6.89. The fourth-order valence-electron chi connectivity index (χ4n) is 4.30. The zero-order chi connectivity index (χ0) is 24.4. The van der Waals surface area contributed by atoms with Gasteiger partial charge in [-0.2, -0.15) is 0 Å². The molecule has 2 amide bonds. The molecule has 7 nitrogen and oxygen atoms in total. The molecule has 35 heavy (non-hydrogen) atoms. The molecule has 1 saturated heterocycles. The highest BCUT2D eigenvalue weighted by molar-refractivity contribution is 8.26. The van der Waals surface area contributed by atoms with Gasteiger partial charge in [0.05, 0.1) is 24.5 Å². The van der Waals surface area contributed by atoms with Crippen LogP contribution in [-0.2, 0) is 11.2 Å². The zero-order valence-electron chi connectivity index (χ0n) is 19.3. The van der Waals surface area contributed by atoms with E-state index in [9.17, 15) is 14.4 Å². The monoisotopic (exact) mass is 487 g/mol. The van der Waals surface area contributed by atoms with Gasteiger partial charge in [0.25, 0.3) is 11.1 Å². The number of anilines is 2. The van der Waals surface area contributed by atoms with E-state index >= 15 is 0 Å². The number of nitrogens with one attached hydrogen (secondary N) is 1. The summed E-state index contributed by atoms with van der Waals surface area (Å²) in [5, 5.41) is 2.22. The molecule has 0 aliphatic carbocycles. The van der Waals surface area contributed by atoms with Crippen LogP contribution in [0.25, 0.3) is 0 Å². The molecule has 3 aromatic rings. The van der Waals surface area contributed by atoms with E-state index in [1.165, 1.54) is 0 Å². The molecule has 0 spiro atoms. The lowest BCUT2D eigenvalue weighted by Crippen LogP contribution is -2.46. The number of hydrogen-bond donors (Lipinski definition) is 1. The second-order valence-corrected chi connectivity index (χ2v) is 9.57. The van der Waals surface area contributed by atoms with Crippen LogP contribution >= 0.6 is 11.8 Å². The number of rotatable bonds is 7.